The quantitative estimate of drug-likeness (QED) is 0.295. The second kappa shape index (κ2) is 9.94. The van der Waals surface area contributed by atoms with Crippen LogP contribution in [0.4, 0.5) is 4.39 Å². The molecule has 2 atom stereocenters. The number of benzene rings is 3. The number of allylic oxidation sites excluding steroid dienone is 2. The fourth-order valence-corrected chi connectivity index (χ4v) is 6.35. The number of rotatable bonds is 8. The van der Waals surface area contributed by atoms with Gasteiger partial charge < -0.3 is 14.2 Å². The van der Waals surface area contributed by atoms with Gasteiger partial charge in [0.1, 0.15) is 23.9 Å². The summed E-state index contributed by atoms with van der Waals surface area (Å²) in [6.45, 7) is 2.69. The van der Waals surface area contributed by atoms with Crippen LogP contribution in [0.25, 0.3) is 16.7 Å². The van der Waals surface area contributed by atoms with E-state index in [1.807, 2.05) is 25.1 Å². The number of hydrogen-bond donors (Lipinski definition) is 0. The molecule has 3 aliphatic carbocycles. The fraction of sp³-hybridized carbons (Fsp3) is 0.364. The molecule has 1 saturated carbocycles. The molecule has 4 nitrogen and oxygen atoms in total. The number of halogens is 1. The van der Waals surface area contributed by atoms with Crippen LogP contribution in [0, 0.1) is 11.7 Å². The van der Waals surface area contributed by atoms with Crippen molar-refractivity contribution in [2.24, 2.45) is 5.92 Å². The Balaban J connectivity index is 1.25. The molecule has 3 aliphatic rings. The summed E-state index contributed by atoms with van der Waals surface area (Å²) in [5.74, 6) is 1.07. The predicted octanol–water partition coefficient (Wildman–Crippen LogP) is 7.41. The van der Waals surface area contributed by atoms with Crippen LogP contribution in [0.2, 0.25) is 0 Å². The summed E-state index contributed by atoms with van der Waals surface area (Å²) < 4.78 is 31.8. The number of esters is 1. The van der Waals surface area contributed by atoms with Crippen molar-refractivity contribution in [1.82, 2.24) is 0 Å². The first-order valence-electron chi connectivity index (χ1n) is 13.6. The highest BCUT2D eigenvalue weighted by Gasteiger charge is 2.62. The number of hydrogen-bond acceptors (Lipinski definition) is 4. The third-order valence-electron chi connectivity index (χ3n) is 8.44. The monoisotopic (exact) mass is 512 g/mol. The van der Waals surface area contributed by atoms with Crippen LogP contribution in [-0.2, 0) is 28.0 Å². The molecule has 2 unspecified atom stereocenters. The summed E-state index contributed by atoms with van der Waals surface area (Å²) in [7, 11) is 1.60. The van der Waals surface area contributed by atoms with Gasteiger partial charge in [-0.3, -0.25) is 4.79 Å². The molecule has 196 valence electrons. The third-order valence-corrected chi connectivity index (χ3v) is 8.44. The normalized spacial score (nSPS) is 21.2. The molecule has 0 saturated heterocycles. The molecule has 6 rings (SSSR count). The minimum absolute atomic E-state index is 0.0363. The van der Waals surface area contributed by atoms with Gasteiger partial charge in [-0.05, 0) is 115 Å². The molecule has 0 bridgehead atoms. The number of carbonyl (C=O) groups is 1. The minimum Gasteiger partial charge on any atom is -0.497 e. The van der Waals surface area contributed by atoms with E-state index in [4.69, 9.17) is 14.2 Å². The summed E-state index contributed by atoms with van der Waals surface area (Å²) >= 11 is 0. The number of methoxy groups -OCH3 is 1. The molecule has 1 spiro atoms. The molecule has 5 heteroatoms. The smallest absolute Gasteiger partial charge is 0.309 e. The van der Waals surface area contributed by atoms with Crippen molar-refractivity contribution in [3.63, 3.8) is 0 Å². The van der Waals surface area contributed by atoms with Crippen LogP contribution in [0.1, 0.15) is 61.3 Å². The Morgan fingerprint density at radius 2 is 1.87 bits per heavy atom. The lowest BCUT2D eigenvalue weighted by atomic mass is 9.92. The highest BCUT2D eigenvalue weighted by Crippen LogP contribution is 2.62. The zero-order chi connectivity index (χ0) is 26.3. The Labute approximate surface area is 223 Å². The lowest BCUT2D eigenvalue weighted by Crippen LogP contribution is -2.15. The van der Waals surface area contributed by atoms with E-state index in [9.17, 15) is 9.18 Å². The van der Waals surface area contributed by atoms with Gasteiger partial charge in [0.15, 0.2) is 0 Å². The van der Waals surface area contributed by atoms with Crippen molar-refractivity contribution >= 4 is 11.5 Å². The van der Waals surface area contributed by atoms with Gasteiger partial charge in [-0.15, -0.1) is 0 Å². The van der Waals surface area contributed by atoms with Crippen LogP contribution in [-0.4, -0.2) is 19.7 Å². The van der Waals surface area contributed by atoms with E-state index >= 15 is 0 Å². The average Bonchev–Trinajstić information content (AvgIpc) is 3.24. The van der Waals surface area contributed by atoms with E-state index in [0.29, 0.717) is 24.5 Å². The van der Waals surface area contributed by atoms with Crippen LogP contribution in [0.15, 0.2) is 60.7 Å². The average molecular weight is 513 g/mol. The van der Waals surface area contributed by atoms with Gasteiger partial charge in [-0.2, -0.15) is 0 Å². The molecule has 0 amide bonds. The number of fused-ring (bicyclic) bond motifs is 2. The SMILES string of the molecule is CCOC(=O)C1CC12CCc1ccc(OCc3ccc(-c4cc(OC)ccc4F)c(C4=CCCC4)c3)cc12. The van der Waals surface area contributed by atoms with E-state index < -0.39 is 0 Å². The van der Waals surface area contributed by atoms with Crippen LogP contribution in [0.3, 0.4) is 0 Å². The number of carbonyl (C=O) groups excluding carboxylic acids is 1. The molecule has 0 aromatic heterocycles. The molecular weight excluding hydrogens is 479 g/mol. The maximum absolute atomic E-state index is 14.9. The fourth-order valence-electron chi connectivity index (χ4n) is 6.35. The van der Waals surface area contributed by atoms with Gasteiger partial charge in [0.25, 0.3) is 0 Å². The van der Waals surface area contributed by atoms with Crippen molar-refractivity contribution in [1.29, 1.82) is 0 Å². The topological polar surface area (TPSA) is 44.8 Å². The first-order chi connectivity index (χ1) is 18.5. The van der Waals surface area contributed by atoms with Crippen LogP contribution in [0.5, 0.6) is 11.5 Å². The largest absolute Gasteiger partial charge is 0.497 e. The zero-order valence-electron chi connectivity index (χ0n) is 22.0. The van der Waals surface area contributed by atoms with Crippen LogP contribution < -0.4 is 9.47 Å². The maximum Gasteiger partial charge on any atom is 0.309 e. The Morgan fingerprint density at radius 1 is 1.00 bits per heavy atom. The summed E-state index contributed by atoms with van der Waals surface area (Å²) in [5.41, 5.74) is 7.23. The van der Waals surface area contributed by atoms with Gasteiger partial charge in [0.2, 0.25) is 0 Å². The molecule has 0 N–H and O–H groups in total. The molecule has 0 heterocycles. The molecular formula is C33H33FO4. The van der Waals surface area contributed by atoms with Crippen molar-refractivity contribution in [3.8, 4) is 22.6 Å². The van der Waals surface area contributed by atoms with Gasteiger partial charge in [0.05, 0.1) is 19.6 Å². The van der Waals surface area contributed by atoms with Crippen molar-refractivity contribution in [3.05, 3.63) is 88.7 Å². The van der Waals surface area contributed by atoms with Gasteiger partial charge >= 0.3 is 5.97 Å². The Kier molecular flexibility index (Phi) is 6.46. The molecule has 3 aromatic carbocycles. The standard InChI is InChI=1S/C33H33FO4/c1-3-37-32(35)30-19-33(30)15-14-23-9-10-25(18-29(23)33)38-20-21-8-12-26(27(16-21)22-6-4-5-7-22)28-17-24(36-2)11-13-31(28)34/h6,8-13,16-18,30H,3-5,7,14-15,19-20H2,1-2H3. The lowest BCUT2D eigenvalue weighted by Gasteiger charge is -2.16. The van der Waals surface area contributed by atoms with Gasteiger partial charge in [-0.1, -0.05) is 24.3 Å². The summed E-state index contributed by atoms with van der Waals surface area (Å²) in [6.07, 6.45) is 8.25. The number of aryl methyl sites for hydroxylation is 1. The second-order valence-corrected chi connectivity index (χ2v) is 10.6. The van der Waals surface area contributed by atoms with Crippen molar-refractivity contribution in [2.45, 2.75) is 57.5 Å². The van der Waals surface area contributed by atoms with Crippen molar-refractivity contribution in [2.75, 3.05) is 13.7 Å². The zero-order valence-corrected chi connectivity index (χ0v) is 22.0. The first kappa shape index (κ1) is 24.7. The van der Waals surface area contributed by atoms with Gasteiger partial charge in [0, 0.05) is 11.0 Å². The molecule has 0 aliphatic heterocycles. The maximum atomic E-state index is 14.9. The Morgan fingerprint density at radius 3 is 2.66 bits per heavy atom. The Bertz CT molecular complexity index is 1420. The molecule has 38 heavy (non-hydrogen) atoms. The summed E-state index contributed by atoms with van der Waals surface area (Å²) in [4.78, 5) is 12.4. The highest BCUT2D eigenvalue weighted by atomic mass is 19.1. The van der Waals surface area contributed by atoms with Crippen LogP contribution >= 0.6 is 0 Å². The molecule has 0 radical (unpaired) electrons. The first-order valence-corrected chi connectivity index (χ1v) is 13.6. The highest BCUT2D eigenvalue weighted by molar-refractivity contribution is 5.83. The third kappa shape index (κ3) is 4.38. The van der Waals surface area contributed by atoms with E-state index in [0.717, 1.165) is 61.0 Å². The summed E-state index contributed by atoms with van der Waals surface area (Å²) in [6, 6.07) is 17.3. The lowest BCUT2D eigenvalue weighted by molar-refractivity contribution is -0.145. The van der Waals surface area contributed by atoms with Crippen molar-refractivity contribution < 1.29 is 23.4 Å². The number of ether oxygens (including phenoxy) is 3. The van der Waals surface area contributed by atoms with E-state index in [-0.39, 0.29) is 23.1 Å². The van der Waals surface area contributed by atoms with Gasteiger partial charge in [-0.25, -0.2) is 4.39 Å². The molecule has 1 fully saturated rings. The summed E-state index contributed by atoms with van der Waals surface area (Å²) in [5, 5.41) is 0. The molecule has 3 aromatic rings. The minimum atomic E-state index is -0.261. The van der Waals surface area contributed by atoms with E-state index in [2.05, 4.69) is 24.3 Å². The van der Waals surface area contributed by atoms with E-state index in [1.165, 1.54) is 22.8 Å². The predicted molar refractivity (Wildman–Crippen MR) is 146 cm³/mol. The Hall–Kier alpha value is -3.60. The van der Waals surface area contributed by atoms with E-state index in [1.54, 1.807) is 19.2 Å². The second-order valence-electron chi connectivity index (χ2n) is 10.6.